The Morgan fingerprint density at radius 3 is 1.45 bits per heavy atom. The number of carbonyl (C=O) groups excluding carboxylic acids is 2. The van der Waals surface area contributed by atoms with Gasteiger partial charge in [0.25, 0.3) is 0 Å². The Hall–Kier alpha value is -2.58. The summed E-state index contributed by atoms with van der Waals surface area (Å²) in [5.41, 5.74) is 0. The molecule has 0 spiro atoms. The van der Waals surface area contributed by atoms with Crippen LogP contribution in [0.4, 0.5) is 0 Å². The zero-order valence-corrected chi connectivity index (χ0v) is 26.8. The van der Waals surface area contributed by atoms with Crippen molar-refractivity contribution in [2.45, 2.75) is 121 Å². The Bertz CT molecular complexity index is 899. The lowest BCUT2D eigenvalue weighted by Gasteiger charge is -2.27. The van der Waals surface area contributed by atoms with E-state index < -0.39 is 0 Å². The molecular formula is C37H55NO6. The fourth-order valence-corrected chi connectivity index (χ4v) is 6.03. The van der Waals surface area contributed by atoms with Gasteiger partial charge in [0.05, 0.1) is 31.5 Å². The van der Waals surface area contributed by atoms with E-state index in [1.165, 1.54) is 12.2 Å². The van der Waals surface area contributed by atoms with Crippen LogP contribution in [0, 0.1) is 41.4 Å². The topological polar surface area (TPSA) is 83.1 Å². The van der Waals surface area contributed by atoms with Gasteiger partial charge in [-0.25, -0.2) is 9.59 Å². The first kappa shape index (κ1) is 35.9. The second kappa shape index (κ2) is 22.0. The molecule has 244 valence electrons. The maximum atomic E-state index is 11.0. The number of esters is 2. The molecule has 1 heterocycles. The molecule has 0 aromatic rings. The molecule has 2 atom stereocenters. The summed E-state index contributed by atoms with van der Waals surface area (Å²) in [5, 5.41) is 3.64. The Balaban J connectivity index is 1.17. The normalized spacial score (nSPS) is 26.6. The molecule has 0 aromatic carbocycles. The molecule has 7 nitrogen and oxygen atoms in total. The first-order valence-electron chi connectivity index (χ1n) is 17.1. The number of rotatable bonds is 16. The van der Waals surface area contributed by atoms with Crippen molar-refractivity contribution in [1.82, 2.24) is 5.32 Å². The monoisotopic (exact) mass is 609 g/mol. The van der Waals surface area contributed by atoms with Gasteiger partial charge in [-0.15, -0.1) is 0 Å². The van der Waals surface area contributed by atoms with Crippen molar-refractivity contribution in [2.24, 2.45) is 17.8 Å². The molecule has 2 unspecified atom stereocenters. The van der Waals surface area contributed by atoms with Crippen LogP contribution in [-0.4, -0.2) is 63.2 Å². The van der Waals surface area contributed by atoms with Crippen LogP contribution in [-0.2, 0) is 28.5 Å². The summed E-state index contributed by atoms with van der Waals surface area (Å²) < 4.78 is 22.2. The van der Waals surface area contributed by atoms with Crippen LogP contribution < -0.4 is 5.32 Å². The Morgan fingerprint density at radius 2 is 1.00 bits per heavy atom. The average Bonchev–Trinajstić information content (AvgIpc) is 3.06. The third kappa shape index (κ3) is 15.4. The van der Waals surface area contributed by atoms with Crippen LogP contribution in [0.25, 0.3) is 0 Å². The fourth-order valence-electron chi connectivity index (χ4n) is 6.03. The summed E-state index contributed by atoms with van der Waals surface area (Å²) in [6.07, 6.45) is 20.0. The van der Waals surface area contributed by atoms with Gasteiger partial charge in [-0.05, 0) is 103 Å². The van der Waals surface area contributed by atoms with Crippen molar-refractivity contribution >= 4 is 11.9 Å². The van der Waals surface area contributed by atoms with Crippen molar-refractivity contribution in [3.05, 3.63) is 25.3 Å². The maximum absolute atomic E-state index is 11.0. The standard InChI is InChI=1S/C37H55NO6/c1-3-36(39)43-27-9-5-7-25-41-34-21-15-30(16-22-34)11-12-32-14-20-33(38-29-32)19-13-31-17-23-35(24-18-31)42-26-8-6-10-28-44-37(40)4-2/h3-4,30-35,38H,1-2,5-10,14-18,20-29H2. The molecule has 3 rings (SSSR count). The van der Waals surface area contributed by atoms with Crippen molar-refractivity contribution in [3.8, 4) is 23.7 Å². The quantitative estimate of drug-likeness (QED) is 0.0950. The van der Waals surface area contributed by atoms with E-state index in [1.807, 2.05) is 0 Å². The predicted octanol–water partition coefficient (Wildman–Crippen LogP) is 6.31. The predicted molar refractivity (Wildman–Crippen MR) is 173 cm³/mol. The molecular weight excluding hydrogens is 554 g/mol. The summed E-state index contributed by atoms with van der Waals surface area (Å²) >= 11 is 0. The fraction of sp³-hybridized carbons (Fsp3) is 0.730. The number of carbonyl (C=O) groups is 2. The van der Waals surface area contributed by atoms with Gasteiger partial charge < -0.3 is 24.3 Å². The lowest BCUT2D eigenvalue weighted by molar-refractivity contribution is -0.138. The third-order valence-electron chi connectivity index (χ3n) is 8.82. The first-order valence-corrected chi connectivity index (χ1v) is 17.1. The molecule has 1 aliphatic heterocycles. The summed E-state index contributed by atoms with van der Waals surface area (Å²) in [6, 6.07) is 0.294. The molecule has 3 aliphatic rings. The molecule has 1 N–H and O–H groups in total. The molecule has 0 amide bonds. The molecule has 2 aliphatic carbocycles. The van der Waals surface area contributed by atoms with Crippen LogP contribution in [0.3, 0.4) is 0 Å². The van der Waals surface area contributed by atoms with Crippen LogP contribution in [0.2, 0.25) is 0 Å². The van der Waals surface area contributed by atoms with Crippen LogP contribution in [0.15, 0.2) is 25.3 Å². The summed E-state index contributed by atoms with van der Waals surface area (Å²) in [5.74, 6) is 15.0. The van der Waals surface area contributed by atoms with Gasteiger partial charge in [0.1, 0.15) is 0 Å². The highest BCUT2D eigenvalue weighted by molar-refractivity contribution is 5.81. The highest BCUT2D eigenvalue weighted by Crippen LogP contribution is 2.27. The molecule has 0 aromatic heterocycles. The van der Waals surface area contributed by atoms with Crippen LogP contribution in [0.1, 0.15) is 103 Å². The molecule has 3 fully saturated rings. The number of ether oxygens (including phenoxy) is 4. The van der Waals surface area contributed by atoms with Gasteiger partial charge in [-0.3, -0.25) is 0 Å². The third-order valence-corrected chi connectivity index (χ3v) is 8.82. The number of hydrogen-bond acceptors (Lipinski definition) is 7. The Labute approximate surface area is 266 Å². The minimum Gasteiger partial charge on any atom is -0.463 e. The lowest BCUT2D eigenvalue weighted by atomic mass is 9.86. The smallest absolute Gasteiger partial charge is 0.330 e. The molecule has 44 heavy (non-hydrogen) atoms. The van der Waals surface area contributed by atoms with Crippen molar-refractivity contribution in [1.29, 1.82) is 0 Å². The van der Waals surface area contributed by atoms with E-state index in [4.69, 9.17) is 18.9 Å². The zero-order valence-electron chi connectivity index (χ0n) is 26.8. The number of nitrogens with one attached hydrogen (secondary N) is 1. The highest BCUT2D eigenvalue weighted by atomic mass is 16.5. The summed E-state index contributed by atoms with van der Waals surface area (Å²) in [7, 11) is 0. The van der Waals surface area contributed by atoms with E-state index in [-0.39, 0.29) is 11.9 Å². The van der Waals surface area contributed by atoms with E-state index in [0.717, 1.165) is 122 Å². The Kier molecular flexibility index (Phi) is 18.0. The molecule has 0 bridgehead atoms. The van der Waals surface area contributed by atoms with Crippen LogP contribution >= 0.6 is 0 Å². The number of unbranched alkanes of at least 4 members (excludes halogenated alkanes) is 4. The van der Waals surface area contributed by atoms with Crippen molar-refractivity contribution < 1.29 is 28.5 Å². The first-order chi connectivity index (χ1) is 21.6. The van der Waals surface area contributed by atoms with Gasteiger partial charge in [-0.1, -0.05) is 36.8 Å². The number of hydrogen-bond donors (Lipinski definition) is 1. The molecule has 7 heteroatoms. The largest absolute Gasteiger partial charge is 0.463 e. The maximum Gasteiger partial charge on any atom is 0.330 e. The van der Waals surface area contributed by atoms with E-state index in [0.29, 0.717) is 49.2 Å². The Morgan fingerprint density at radius 1 is 0.568 bits per heavy atom. The van der Waals surface area contributed by atoms with E-state index in [1.54, 1.807) is 0 Å². The molecule has 1 saturated heterocycles. The summed E-state index contributed by atoms with van der Waals surface area (Å²) in [6.45, 7) is 10.2. The van der Waals surface area contributed by atoms with Gasteiger partial charge in [0.15, 0.2) is 0 Å². The van der Waals surface area contributed by atoms with Crippen molar-refractivity contribution in [2.75, 3.05) is 33.0 Å². The zero-order chi connectivity index (χ0) is 31.2. The van der Waals surface area contributed by atoms with E-state index in [2.05, 4.69) is 42.2 Å². The SMILES string of the molecule is C=CC(=O)OCCCCCOC1CCC(C#CC2CCC(C#CC3CCC(OCCCCCOC(=O)C=C)CC3)NC2)CC1. The van der Waals surface area contributed by atoms with Crippen molar-refractivity contribution in [3.63, 3.8) is 0 Å². The van der Waals surface area contributed by atoms with Gasteiger partial charge >= 0.3 is 11.9 Å². The second-order valence-corrected chi connectivity index (χ2v) is 12.4. The average molecular weight is 610 g/mol. The molecule has 0 radical (unpaired) electrons. The van der Waals surface area contributed by atoms with Crippen LogP contribution in [0.5, 0.6) is 0 Å². The summed E-state index contributed by atoms with van der Waals surface area (Å²) in [4.78, 5) is 22.1. The van der Waals surface area contributed by atoms with Gasteiger partial charge in [0.2, 0.25) is 0 Å². The lowest BCUT2D eigenvalue weighted by Crippen LogP contribution is -2.37. The van der Waals surface area contributed by atoms with Gasteiger partial charge in [-0.2, -0.15) is 0 Å². The molecule has 2 saturated carbocycles. The highest BCUT2D eigenvalue weighted by Gasteiger charge is 2.23. The number of piperidine rings is 1. The second-order valence-electron chi connectivity index (χ2n) is 12.4. The van der Waals surface area contributed by atoms with Gasteiger partial charge in [0, 0.05) is 49.7 Å². The van der Waals surface area contributed by atoms with E-state index >= 15 is 0 Å². The minimum atomic E-state index is -0.349. The minimum absolute atomic E-state index is 0.294. The van der Waals surface area contributed by atoms with E-state index in [9.17, 15) is 9.59 Å².